The standard InChI is InChI=1S/C23H34IN3O7S/c1-22(2,3)34-21(29)26-14-17(8-11-24)16-33-19-7-6-18(15-25-19)35(30,31)27-12-9-23(4,10-13-27)20(28)32-5/h6-8,15H,9-14,16H2,1-5H3,(H,26,29)/b17-8+. The fraction of sp³-hybridized carbons (Fsp3) is 0.609. The largest absolute Gasteiger partial charge is 0.473 e. The summed E-state index contributed by atoms with van der Waals surface area (Å²) in [7, 11) is -2.41. The number of hydrogen-bond acceptors (Lipinski definition) is 8. The highest BCUT2D eigenvalue weighted by Gasteiger charge is 2.41. The van der Waals surface area contributed by atoms with Gasteiger partial charge in [0.15, 0.2) is 0 Å². The molecule has 0 saturated carbocycles. The Kier molecular flexibility index (Phi) is 10.3. The fourth-order valence-corrected chi connectivity index (χ4v) is 5.39. The van der Waals surface area contributed by atoms with E-state index in [2.05, 4.69) is 32.9 Å². The molecule has 0 atom stereocenters. The number of piperidine rings is 1. The van der Waals surface area contributed by atoms with E-state index in [9.17, 15) is 18.0 Å². The lowest BCUT2D eigenvalue weighted by Crippen LogP contribution is -2.45. The van der Waals surface area contributed by atoms with E-state index in [0.29, 0.717) is 12.8 Å². The van der Waals surface area contributed by atoms with Crippen molar-refractivity contribution in [2.45, 2.75) is 51.0 Å². The second-order valence-corrected chi connectivity index (χ2v) is 12.3. The summed E-state index contributed by atoms with van der Waals surface area (Å²) in [4.78, 5) is 28.1. The number of sulfonamides is 1. The molecule has 1 N–H and O–H groups in total. The maximum atomic E-state index is 13.0. The average molecular weight is 624 g/mol. The van der Waals surface area contributed by atoms with Crippen molar-refractivity contribution in [3.05, 3.63) is 30.0 Å². The molecule has 12 heteroatoms. The number of alkyl halides is 1. The minimum Gasteiger partial charge on any atom is -0.473 e. The van der Waals surface area contributed by atoms with Gasteiger partial charge in [-0.1, -0.05) is 28.7 Å². The number of ether oxygens (including phenoxy) is 3. The maximum absolute atomic E-state index is 13.0. The molecule has 1 aromatic heterocycles. The Balaban J connectivity index is 1.95. The molecule has 35 heavy (non-hydrogen) atoms. The van der Waals surface area contributed by atoms with E-state index in [-0.39, 0.29) is 43.0 Å². The highest BCUT2D eigenvalue weighted by atomic mass is 127. The Morgan fingerprint density at radius 2 is 1.91 bits per heavy atom. The van der Waals surface area contributed by atoms with Gasteiger partial charge < -0.3 is 19.5 Å². The molecule has 0 radical (unpaired) electrons. The third-order valence-corrected chi connectivity index (χ3v) is 7.80. The molecule has 2 heterocycles. The predicted octanol–water partition coefficient (Wildman–Crippen LogP) is 3.31. The minimum atomic E-state index is -3.75. The zero-order valence-corrected chi connectivity index (χ0v) is 23.8. The maximum Gasteiger partial charge on any atom is 0.407 e. The molecule has 1 saturated heterocycles. The molecule has 1 amide bonds. The Bertz CT molecular complexity index is 1010. The average Bonchev–Trinajstić information content (AvgIpc) is 2.79. The predicted molar refractivity (Wildman–Crippen MR) is 139 cm³/mol. The van der Waals surface area contributed by atoms with Crippen LogP contribution in [-0.4, -0.2) is 73.1 Å². The molecule has 1 aromatic rings. The Labute approximate surface area is 221 Å². The number of pyridine rings is 1. The number of rotatable bonds is 9. The van der Waals surface area contributed by atoms with Crippen LogP contribution >= 0.6 is 22.6 Å². The van der Waals surface area contributed by atoms with E-state index in [1.165, 1.54) is 29.7 Å². The normalized spacial score (nSPS) is 16.9. The quantitative estimate of drug-likeness (QED) is 0.192. The van der Waals surface area contributed by atoms with E-state index >= 15 is 0 Å². The van der Waals surface area contributed by atoms with E-state index in [4.69, 9.17) is 14.2 Å². The molecule has 0 spiro atoms. The number of allylic oxidation sites excluding steroid dienone is 1. The van der Waals surface area contributed by atoms with Crippen LogP contribution in [0.5, 0.6) is 5.88 Å². The lowest BCUT2D eigenvalue weighted by atomic mass is 9.81. The monoisotopic (exact) mass is 623 g/mol. The number of methoxy groups -OCH3 is 1. The van der Waals surface area contributed by atoms with Crippen LogP contribution in [-0.2, 0) is 24.3 Å². The molecule has 0 aromatic carbocycles. The van der Waals surface area contributed by atoms with Gasteiger partial charge in [0.1, 0.15) is 17.1 Å². The number of esters is 1. The van der Waals surface area contributed by atoms with Gasteiger partial charge in [0.05, 0.1) is 18.7 Å². The summed E-state index contributed by atoms with van der Waals surface area (Å²) in [5.74, 6) is -0.0625. The Hall–Kier alpha value is -1.93. The highest BCUT2D eigenvalue weighted by molar-refractivity contribution is 14.1. The summed E-state index contributed by atoms with van der Waals surface area (Å²) in [5.41, 5.74) is -0.446. The van der Waals surface area contributed by atoms with Gasteiger partial charge in [0.2, 0.25) is 15.9 Å². The number of alkyl carbamates (subject to hydrolysis) is 1. The van der Waals surface area contributed by atoms with Crippen molar-refractivity contribution in [2.24, 2.45) is 5.41 Å². The van der Waals surface area contributed by atoms with Gasteiger partial charge in [-0.05, 0) is 52.2 Å². The first-order valence-corrected chi connectivity index (χ1v) is 14.2. The van der Waals surface area contributed by atoms with E-state index in [1.807, 2.05) is 6.08 Å². The Morgan fingerprint density at radius 3 is 2.43 bits per heavy atom. The number of nitrogens with one attached hydrogen (secondary N) is 1. The molecule has 2 rings (SSSR count). The summed E-state index contributed by atoms with van der Waals surface area (Å²) in [5, 5.41) is 2.70. The van der Waals surface area contributed by atoms with Crippen molar-refractivity contribution in [3.63, 3.8) is 0 Å². The summed E-state index contributed by atoms with van der Waals surface area (Å²) in [6, 6.07) is 2.95. The molecule has 0 aliphatic carbocycles. The summed E-state index contributed by atoms with van der Waals surface area (Å²) < 4.78 is 43.9. The molecular weight excluding hydrogens is 589 g/mol. The van der Waals surface area contributed by atoms with Gasteiger partial charge in [0, 0.05) is 30.1 Å². The third-order valence-electron chi connectivity index (χ3n) is 5.48. The fourth-order valence-electron chi connectivity index (χ4n) is 3.38. The van der Waals surface area contributed by atoms with Crippen LogP contribution in [0.2, 0.25) is 0 Å². The molecule has 1 fully saturated rings. The van der Waals surface area contributed by atoms with Crippen LogP contribution in [0.15, 0.2) is 34.9 Å². The Morgan fingerprint density at radius 1 is 1.26 bits per heavy atom. The lowest BCUT2D eigenvalue weighted by Gasteiger charge is -2.36. The van der Waals surface area contributed by atoms with Crippen LogP contribution in [0.25, 0.3) is 0 Å². The molecule has 0 unspecified atom stereocenters. The minimum absolute atomic E-state index is 0.0566. The number of aromatic nitrogens is 1. The van der Waals surface area contributed by atoms with E-state index < -0.39 is 27.1 Å². The van der Waals surface area contributed by atoms with Crippen molar-refractivity contribution in [1.82, 2.24) is 14.6 Å². The van der Waals surface area contributed by atoms with E-state index in [0.717, 1.165) is 10.0 Å². The number of carbonyl (C=O) groups excluding carboxylic acids is 2. The van der Waals surface area contributed by atoms with Crippen LogP contribution in [0.1, 0.15) is 40.5 Å². The van der Waals surface area contributed by atoms with Crippen molar-refractivity contribution in [3.8, 4) is 5.88 Å². The summed E-state index contributed by atoms with van der Waals surface area (Å²) in [6.07, 6.45) is 3.44. The van der Waals surface area contributed by atoms with Gasteiger partial charge in [-0.3, -0.25) is 4.79 Å². The number of amides is 1. The van der Waals surface area contributed by atoms with Crippen LogP contribution in [0.3, 0.4) is 0 Å². The van der Waals surface area contributed by atoms with Crippen LogP contribution < -0.4 is 10.1 Å². The number of carbonyl (C=O) groups is 2. The summed E-state index contributed by atoms with van der Waals surface area (Å²) in [6.45, 7) is 8.04. The smallest absolute Gasteiger partial charge is 0.407 e. The van der Waals surface area contributed by atoms with Gasteiger partial charge in [0.25, 0.3) is 0 Å². The molecule has 1 aliphatic rings. The van der Waals surface area contributed by atoms with Crippen molar-refractivity contribution in [2.75, 3.05) is 37.8 Å². The van der Waals surface area contributed by atoms with Crippen LogP contribution in [0, 0.1) is 5.41 Å². The first-order chi connectivity index (χ1) is 16.3. The lowest BCUT2D eigenvalue weighted by molar-refractivity contribution is -0.153. The molecule has 196 valence electrons. The zero-order valence-electron chi connectivity index (χ0n) is 20.8. The van der Waals surface area contributed by atoms with Crippen molar-refractivity contribution >= 4 is 44.7 Å². The SMILES string of the molecule is COC(=O)C1(C)CCN(S(=O)(=O)c2ccc(OC/C(=C/CI)CNC(=O)OC(C)(C)C)nc2)CC1. The van der Waals surface area contributed by atoms with Crippen molar-refractivity contribution < 1.29 is 32.2 Å². The molecule has 10 nitrogen and oxygen atoms in total. The number of nitrogens with zero attached hydrogens (tertiary/aromatic N) is 2. The molecule has 0 bridgehead atoms. The first-order valence-electron chi connectivity index (χ1n) is 11.2. The zero-order chi connectivity index (χ0) is 26.3. The van der Waals surface area contributed by atoms with Crippen LogP contribution in [0.4, 0.5) is 4.79 Å². The van der Waals surface area contributed by atoms with Gasteiger partial charge >= 0.3 is 12.1 Å². The van der Waals surface area contributed by atoms with E-state index in [1.54, 1.807) is 27.7 Å². The number of halogens is 1. The molecule has 1 aliphatic heterocycles. The third kappa shape index (κ3) is 8.60. The first kappa shape index (κ1) is 29.3. The highest BCUT2D eigenvalue weighted by Crippen LogP contribution is 2.34. The van der Waals surface area contributed by atoms with Gasteiger partial charge in [-0.15, -0.1) is 0 Å². The second-order valence-electron chi connectivity index (χ2n) is 9.45. The van der Waals surface area contributed by atoms with Crippen molar-refractivity contribution in [1.29, 1.82) is 0 Å². The van der Waals surface area contributed by atoms with Gasteiger partial charge in [-0.2, -0.15) is 4.31 Å². The molecular formula is C23H34IN3O7S. The topological polar surface area (TPSA) is 124 Å². The number of hydrogen-bond donors (Lipinski definition) is 1. The second kappa shape index (κ2) is 12.3. The van der Waals surface area contributed by atoms with Gasteiger partial charge in [-0.25, -0.2) is 18.2 Å². The summed E-state index contributed by atoms with van der Waals surface area (Å²) >= 11 is 2.19.